The number of benzene rings is 2. The van der Waals surface area contributed by atoms with Gasteiger partial charge in [-0.25, -0.2) is 0 Å². The zero-order chi connectivity index (χ0) is 16.9. The molecule has 0 saturated carbocycles. The number of ether oxygens (including phenoxy) is 2. The molecule has 0 bridgehead atoms. The molecule has 4 heteroatoms. The molecule has 3 rings (SSSR count). The average molecular weight is 325 g/mol. The Bertz CT molecular complexity index is 659. The van der Waals surface area contributed by atoms with Gasteiger partial charge in [0.2, 0.25) is 0 Å². The Morgan fingerprint density at radius 3 is 2.21 bits per heavy atom. The van der Waals surface area contributed by atoms with Gasteiger partial charge in [0.15, 0.2) is 6.61 Å². The smallest absolute Gasteiger partial charge is 0.260 e. The SMILES string of the molecule is CC1CN(C(=O)COc2ccc(-c3ccccc3)cc2)CC(C)O1. The lowest BCUT2D eigenvalue weighted by Gasteiger charge is -2.35. The van der Waals surface area contributed by atoms with Gasteiger partial charge in [0.1, 0.15) is 5.75 Å². The van der Waals surface area contributed by atoms with Gasteiger partial charge < -0.3 is 14.4 Å². The van der Waals surface area contributed by atoms with Crippen molar-refractivity contribution in [3.63, 3.8) is 0 Å². The topological polar surface area (TPSA) is 38.8 Å². The second-order valence-electron chi connectivity index (χ2n) is 6.24. The predicted octanol–water partition coefficient (Wildman–Crippen LogP) is 3.37. The third-order valence-corrected chi connectivity index (χ3v) is 4.10. The number of hydrogen-bond acceptors (Lipinski definition) is 3. The number of carbonyl (C=O) groups is 1. The lowest BCUT2D eigenvalue weighted by atomic mass is 10.1. The minimum atomic E-state index is 0.00383. The van der Waals surface area contributed by atoms with Crippen LogP contribution in [0.4, 0.5) is 0 Å². The minimum Gasteiger partial charge on any atom is -0.484 e. The van der Waals surface area contributed by atoms with E-state index in [9.17, 15) is 4.79 Å². The van der Waals surface area contributed by atoms with E-state index in [1.165, 1.54) is 0 Å². The molecule has 0 radical (unpaired) electrons. The Kier molecular flexibility index (Phi) is 5.16. The summed E-state index contributed by atoms with van der Waals surface area (Å²) < 4.78 is 11.3. The van der Waals surface area contributed by atoms with Crippen LogP contribution in [0.3, 0.4) is 0 Å². The van der Waals surface area contributed by atoms with Gasteiger partial charge in [0, 0.05) is 13.1 Å². The normalized spacial score (nSPS) is 20.7. The van der Waals surface area contributed by atoms with E-state index in [2.05, 4.69) is 12.1 Å². The van der Waals surface area contributed by atoms with E-state index in [4.69, 9.17) is 9.47 Å². The molecule has 24 heavy (non-hydrogen) atoms. The van der Waals surface area contributed by atoms with E-state index < -0.39 is 0 Å². The Hall–Kier alpha value is -2.33. The summed E-state index contributed by atoms with van der Waals surface area (Å²) in [5, 5.41) is 0. The molecule has 126 valence electrons. The fourth-order valence-electron chi connectivity index (χ4n) is 2.99. The lowest BCUT2D eigenvalue weighted by Crippen LogP contribution is -2.49. The highest BCUT2D eigenvalue weighted by molar-refractivity contribution is 5.78. The van der Waals surface area contributed by atoms with Crippen molar-refractivity contribution in [1.29, 1.82) is 0 Å². The summed E-state index contributed by atoms with van der Waals surface area (Å²) in [6, 6.07) is 18.0. The van der Waals surface area contributed by atoms with Crippen LogP contribution in [0.5, 0.6) is 5.75 Å². The highest BCUT2D eigenvalue weighted by Crippen LogP contribution is 2.22. The Balaban J connectivity index is 1.56. The number of morpholine rings is 1. The van der Waals surface area contributed by atoms with Crippen molar-refractivity contribution in [1.82, 2.24) is 4.90 Å². The van der Waals surface area contributed by atoms with Crippen molar-refractivity contribution in [2.75, 3.05) is 19.7 Å². The first kappa shape index (κ1) is 16.5. The zero-order valence-electron chi connectivity index (χ0n) is 14.1. The molecule has 4 nitrogen and oxygen atoms in total. The molecular formula is C20H23NO3. The molecule has 0 aliphatic carbocycles. The highest BCUT2D eigenvalue weighted by atomic mass is 16.5. The van der Waals surface area contributed by atoms with Crippen LogP contribution in [0, 0.1) is 0 Å². The van der Waals surface area contributed by atoms with Crippen LogP contribution >= 0.6 is 0 Å². The fourth-order valence-corrected chi connectivity index (χ4v) is 2.99. The van der Waals surface area contributed by atoms with E-state index in [-0.39, 0.29) is 24.7 Å². The number of carbonyl (C=O) groups excluding carboxylic acids is 1. The summed E-state index contributed by atoms with van der Waals surface area (Å²) in [6.45, 7) is 5.28. The molecular weight excluding hydrogens is 302 g/mol. The van der Waals surface area contributed by atoms with Gasteiger partial charge in [-0.1, -0.05) is 42.5 Å². The molecule has 0 N–H and O–H groups in total. The second-order valence-corrected chi connectivity index (χ2v) is 6.24. The monoisotopic (exact) mass is 325 g/mol. The van der Waals surface area contributed by atoms with Gasteiger partial charge in [-0.05, 0) is 37.1 Å². The van der Waals surface area contributed by atoms with Gasteiger partial charge in [-0.2, -0.15) is 0 Å². The zero-order valence-corrected chi connectivity index (χ0v) is 14.1. The fraction of sp³-hybridized carbons (Fsp3) is 0.350. The predicted molar refractivity (Wildman–Crippen MR) is 94.0 cm³/mol. The molecule has 1 fully saturated rings. The van der Waals surface area contributed by atoms with Crippen LogP contribution in [-0.4, -0.2) is 42.7 Å². The first-order valence-electron chi connectivity index (χ1n) is 8.33. The van der Waals surface area contributed by atoms with Crippen molar-refractivity contribution in [2.24, 2.45) is 0 Å². The van der Waals surface area contributed by atoms with Gasteiger partial charge in [-0.15, -0.1) is 0 Å². The Morgan fingerprint density at radius 2 is 1.58 bits per heavy atom. The van der Waals surface area contributed by atoms with Crippen LogP contribution in [-0.2, 0) is 9.53 Å². The van der Waals surface area contributed by atoms with E-state index in [0.717, 1.165) is 11.1 Å². The highest BCUT2D eigenvalue weighted by Gasteiger charge is 2.25. The maximum Gasteiger partial charge on any atom is 0.260 e. The molecule has 2 aromatic carbocycles. The number of amides is 1. The molecule has 1 aliphatic heterocycles. The molecule has 1 aliphatic rings. The number of nitrogens with zero attached hydrogens (tertiary/aromatic N) is 1. The van der Waals surface area contributed by atoms with Crippen LogP contribution in [0.2, 0.25) is 0 Å². The summed E-state index contributed by atoms with van der Waals surface area (Å²) in [5.74, 6) is 0.710. The van der Waals surface area contributed by atoms with Gasteiger partial charge in [0.05, 0.1) is 12.2 Å². The summed E-state index contributed by atoms with van der Waals surface area (Å²) in [7, 11) is 0. The molecule has 1 amide bonds. The van der Waals surface area contributed by atoms with E-state index in [0.29, 0.717) is 18.8 Å². The summed E-state index contributed by atoms with van der Waals surface area (Å²) >= 11 is 0. The van der Waals surface area contributed by atoms with Crippen molar-refractivity contribution >= 4 is 5.91 Å². The first-order chi connectivity index (χ1) is 11.6. The van der Waals surface area contributed by atoms with E-state index >= 15 is 0 Å². The Labute approximate surface area is 143 Å². The first-order valence-corrected chi connectivity index (χ1v) is 8.33. The minimum absolute atomic E-state index is 0.00383. The Morgan fingerprint density at radius 1 is 1.00 bits per heavy atom. The van der Waals surface area contributed by atoms with Crippen molar-refractivity contribution in [3.8, 4) is 16.9 Å². The van der Waals surface area contributed by atoms with Gasteiger partial charge in [0.25, 0.3) is 5.91 Å². The van der Waals surface area contributed by atoms with Crippen LogP contribution in [0.25, 0.3) is 11.1 Å². The molecule has 2 aromatic rings. The molecule has 1 heterocycles. The maximum absolute atomic E-state index is 12.3. The van der Waals surface area contributed by atoms with E-state index in [1.54, 1.807) is 0 Å². The van der Waals surface area contributed by atoms with Crippen LogP contribution in [0.1, 0.15) is 13.8 Å². The van der Waals surface area contributed by atoms with Crippen LogP contribution in [0.15, 0.2) is 54.6 Å². The average Bonchev–Trinajstić information content (AvgIpc) is 2.60. The maximum atomic E-state index is 12.3. The third-order valence-electron chi connectivity index (χ3n) is 4.10. The molecule has 0 aromatic heterocycles. The summed E-state index contributed by atoms with van der Waals surface area (Å²) in [4.78, 5) is 14.1. The van der Waals surface area contributed by atoms with Crippen molar-refractivity contribution < 1.29 is 14.3 Å². The van der Waals surface area contributed by atoms with Crippen LogP contribution < -0.4 is 4.74 Å². The standard InChI is InChI=1S/C20H23NO3/c1-15-12-21(13-16(2)24-15)20(22)14-23-19-10-8-18(9-11-19)17-6-4-3-5-7-17/h3-11,15-16H,12-14H2,1-2H3. The van der Waals surface area contributed by atoms with E-state index in [1.807, 2.05) is 61.2 Å². The number of rotatable bonds is 4. The molecule has 2 unspecified atom stereocenters. The second kappa shape index (κ2) is 7.49. The molecule has 0 spiro atoms. The quantitative estimate of drug-likeness (QED) is 0.865. The summed E-state index contributed by atoms with van der Waals surface area (Å²) in [6.07, 6.45) is 0.144. The number of hydrogen-bond donors (Lipinski definition) is 0. The lowest BCUT2D eigenvalue weighted by molar-refractivity contribution is -0.145. The molecule has 1 saturated heterocycles. The largest absolute Gasteiger partial charge is 0.484 e. The van der Waals surface area contributed by atoms with Gasteiger partial charge >= 0.3 is 0 Å². The van der Waals surface area contributed by atoms with Crippen molar-refractivity contribution in [3.05, 3.63) is 54.6 Å². The molecule has 2 atom stereocenters. The summed E-state index contributed by atoms with van der Waals surface area (Å²) in [5.41, 5.74) is 2.29. The van der Waals surface area contributed by atoms with Gasteiger partial charge in [-0.3, -0.25) is 4.79 Å². The van der Waals surface area contributed by atoms with Crippen molar-refractivity contribution in [2.45, 2.75) is 26.1 Å². The third kappa shape index (κ3) is 4.15.